The van der Waals surface area contributed by atoms with Crippen molar-refractivity contribution in [1.29, 1.82) is 0 Å². The maximum atomic E-state index is 12.7. The van der Waals surface area contributed by atoms with E-state index in [4.69, 9.17) is 21.4 Å². The van der Waals surface area contributed by atoms with Crippen molar-refractivity contribution in [3.05, 3.63) is 27.0 Å². The van der Waals surface area contributed by atoms with Crippen molar-refractivity contribution < 1.29 is 19.4 Å². The standard InChI is InChI=1S/C14H13ClN2O4S2/c1-7-11(23-12(16-7)9-2-3-10(15)22-9)13(18)17-4-5-21-8(6-17)14(19)20/h2-3,8H,4-6H2,1H3,(H,19,20)/t8-/m1/s1. The summed E-state index contributed by atoms with van der Waals surface area (Å²) in [5.74, 6) is -1.26. The van der Waals surface area contributed by atoms with Gasteiger partial charge in [0.2, 0.25) is 0 Å². The predicted octanol–water partition coefficient (Wildman–Crippen LogP) is 2.76. The van der Waals surface area contributed by atoms with Crippen LogP contribution in [0.3, 0.4) is 0 Å². The Kier molecular flexibility index (Phi) is 4.67. The Bertz CT molecular complexity index is 758. The number of morpholine rings is 1. The zero-order valence-corrected chi connectivity index (χ0v) is 14.5. The Morgan fingerprint density at radius 2 is 2.22 bits per heavy atom. The van der Waals surface area contributed by atoms with E-state index in [0.717, 1.165) is 9.88 Å². The van der Waals surface area contributed by atoms with Crippen LogP contribution in [-0.2, 0) is 9.53 Å². The van der Waals surface area contributed by atoms with Gasteiger partial charge in [-0.1, -0.05) is 11.6 Å². The normalized spacial score (nSPS) is 18.2. The minimum absolute atomic E-state index is 0.0473. The first-order valence-electron chi connectivity index (χ1n) is 6.82. The van der Waals surface area contributed by atoms with Gasteiger partial charge in [-0.3, -0.25) is 4.79 Å². The molecule has 0 radical (unpaired) electrons. The maximum Gasteiger partial charge on any atom is 0.334 e. The molecular formula is C14H13ClN2O4S2. The van der Waals surface area contributed by atoms with Crippen molar-refractivity contribution >= 4 is 46.2 Å². The van der Waals surface area contributed by atoms with Gasteiger partial charge in [0.1, 0.15) is 9.88 Å². The first-order chi connectivity index (χ1) is 11.0. The van der Waals surface area contributed by atoms with Crippen LogP contribution in [0.1, 0.15) is 15.4 Å². The molecular weight excluding hydrogens is 360 g/mol. The lowest BCUT2D eigenvalue weighted by Crippen LogP contribution is -2.48. The summed E-state index contributed by atoms with van der Waals surface area (Å²) >= 11 is 8.64. The van der Waals surface area contributed by atoms with Crippen molar-refractivity contribution in [2.75, 3.05) is 19.7 Å². The Morgan fingerprint density at radius 3 is 2.87 bits per heavy atom. The molecule has 1 saturated heterocycles. The fourth-order valence-corrected chi connectivity index (χ4v) is 4.39. The molecule has 2 aromatic rings. The number of carbonyl (C=O) groups is 2. The zero-order chi connectivity index (χ0) is 16.6. The highest BCUT2D eigenvalue weighted by Gasteiger charge is 2.31. The third kappa shape index (κ3) is 3.40. The van der Waals surface area contributed by atoms with Crippen LogP contribution >= 0.6 is 34.3 Å². The Balaban J connectivity index is 1.82. The van der Waals surface area contributed by atoms with Crippen LogP contribution in [0.4, 0.5) is 0 Å². The smallest absolute Gasteiger partial charge is 0.334 e. The summed E-state index contributed by atoms with van der Waals surface area (Å²) < 4.78 is 5.81. The lowest BCUT2D eigenvalue weighted by Gasteiger charge is -2.30. The van der Waals surface area contributed by atoms with Gasteiger partial charge in [-0.2, -0.15) is 0 Å². The van der Waals surface area contributed by atoms with Crippen molar-refractivity contribution in [3.8, 4) is 9.88 Å². The van der Waals surface area contributed by atoms with Crippen LogP contribution in [0.15, 0.2) is 12.1 Å². The molecule has 2 aromatic heterocycles. The minimum atomic E-state index is -1.06. The molecule has 0 aliphatic carbocycles. The lowest BCUT2D eigenvalue weighted by molar-refractivity contribution is -0.154. The van der Waals surface area contributed by atoms with E-state index < -0.39 is 12.1 Å². The van der Waals surface area contributed by atoms with E-state index in [1.807, 2.05) is 6.07 Å². The van der Waals surface area contributed by atoms with Crippen LogP contribution in [0.2, 0.25) is 4.34 Å². The number of amides is 1. The number of carboxylic acids is 1. The maximum absolute atomic E-state index is 12.7. The SMILES string of the molecule is Cc1nc(-c2ccc(Cl)s2)sc1C(=O)N1CCO[C@@H](C(=O)O)C1. The van der Waals surface area contributed by atoms with Gasteiger partial charge in [0.15, 0.2) is 6.10 Å². The summed E-state index contributed by atoms with van der Waals surface area (Å²) in [6.45, 7) is 2.41. The number of ether oxygens (including phenoxy) is 1. The number of carbonyl (C=O) groups excluding carboxylic acids is 1. The quantitative estimate of drug-likeness (QED) is 0.896. The average molecular weight is 373 g/mol. The summed E-state index contributed by atoms with van der Waals surface area (Å²) in [4.78, 5) is 31.1. The number of carboxylic acid groups (broad SMARTS) is 1. The molecule has 1 atom stereocenters. The molecule has 1 amide bonds. The monoisotopic (exact) mass is 372 g/mol. The predicted molar refractivity (Wildman–Crippen MR) is 88.5 cm³/mol. The second-order valence-electron chi connectivity index (χ2n) is 4.99. The minimum Gasteiger partial charge on any atom is -0.479 e. The van der Waals surface area contributed by atoms with E-state index in [1.165, 1.54) is 27.6 Å². The van der Waals surface area contributed by atoms with E-state index in [-0.39, 0.29) is 19.1 Å². The van der Waals surface area contributed by atoms with E-state index >= 15 is 0 Å². The van der Waals surface area contributed by atoms with E-state index in [0.29, 0.717) is 21.5 Å². The molecule has 0 aromatic carbocycles. The molecule has 1 N–H and O–H groups in total. The third-order valence-electron chi connectivity index (χ3n) is 3.40. The zero-order valence-electron chi connectivity index (χ0n) is 12.1. The first-order valence-corrected chi connectivity index (χ1v) is 8.83. The second kappa shape index (κ2) is 6.56. The average Bonchev–Trinajstić information content (AvgIpc) is 3.12. The summed E-state index contributed by atoms with van der Waals surface area (Å²) in [5, 5.41) is 9.78. The summed E-state index contributed by atoms with van der Waals surface area (Å²) in [5.41, 5.74) is 0.637. The third-order valence-corrected chi connectivity index (χ3v) is 5.95. The van der Waals surface area contributed by atoms with Crippen LogP contribution in [-0.4, -0.2) is 52.7 Å². The summed E-state index contributed by atoms with van der Waals surface area (Å²) in [6.07, 6.45) is -0.975. The van der Waals surface area contributed by atoms with Crippen LogP contribution in [0.5, 0.6) is 0 Å². The number of hydrogen-bond donors (Lipinski definition) is 1. The van der Waals surface area contributed by atoms with Gasteiger partial charge < -0.3 is 14.7 Å². The fourth-order valence-electron chi connectivity index (χ4n) is 2.26. The van der Waals surface area contributed by atoms with Gasteiger partial charge in [0.05, 0.1) is 28.1 Å². The number of rotatable bonds is 3. The van der Waals surface area contributed by atoms with Gasteiger partial charge >= 0.3 is 5.97 Å². The molecule has 6 nitrogen and oxygen atoms in total. The van der Waals surface area contributed by atoms with Gasteiger partial charge in [0.25, 0.3) is 5.91 Å². The van der Waals surface area contributed by atoms with E-state index in [2.05, 4.69) is 4.98 Å². The number of halogens is 1. The Hall–Kier alpha value is -1.48. The molecule has 1 fully saturated rings. The highest BCUT2D eigenvalue weighted by Crippen LogP contribution is 2.35. The molecule has 9 heteroatoms. The van der Waals surface area contributed by atoms with Crippen molar-refractivity contribution in [3.63, 3.8) is 0 Å². The number of thiophene rings is 1. The number of nitrogens with zero attached hydrogens (tertiary/aromatic N) is 2. The second-order valence-corrected chi connectivity index (χ2v) is 7.70. The fraction of sp³-hybridized carbons (Fsp3) is 0.357. The molecule has 23 heavy (non-hydrogen) atoms. The number of thiazole rings is 1. The van der Waals surface area contributed by atoms with Gasteiger partial charge in [0, 0.05) is 6.54 Å². The molecule has 122 valence electrons. The van der Waals surface area contributed by atoms with Crippen LogP contribution in [0, 0.1) is 6.92 Å². The molecule has 0 saturated carbocycles. The molecule has 3 rings (SSSR count). The topological polar surface area (TPSA) is 79.7 Å². The van der Waals surface area contributed by atoms with Crippen LogP contribution in [0.25, 0.3) is 9.88 Å². The highest BCUT2D eigenvalue weighted by atomic mass is 35.5. The summed E-state index contributed by atoms with van der Waals surface area (Å²) in [7, 11) is 0. The van der Waals surface area contributed by atoms with Crippen LogP contribution < -0.4 is 0 Å². The molecule has 0 bridgehead atoms. The number of aromatic nitrogens is 1. The summed E-state index contributed by atoms with van der Waals surface area (Å²) in [6, 6.07) is 3.66. The highest BCUT2D eigenvalue weighted by molar-refractivity contribution is 7.24. The molecule has 1 aliphatic heterocycles. The lowest BCUT2D eigenvalue weighted by atomic mass is 10.2. The number of aliphatic carboxylic acids is 1. The van der Waals surface area contributed by atoms with Gasteiger partial charge in [-0.15, -0.1) is 22.7 Å². The largest absolute Gasteiger partial charge is 0.479 e. The molecule has 1 aliphatic rings. The van der Waals surface area contributed by atoms with Crippen molar-refractivity contribution in [1.82, 2.24) is 9.88 Å². The van der Waals surface area contributed by atoms with Gasteiger partial charge in [-0.25, -0.2) is 9.78 Å². The van der Waals surface area contributed by atoms with Crippen molar-refractivity contribution in [2.45, 2.75) is 13.0 Å². The Morgan fingerprint density at radius 1 is 1.43 bits per heavy atom. The Labute approximate surface area is 145 Å². The molecule has 0 spiro atoms. The first kappa shape index (κ1) is 16.4. The molecule has 0 unspecified atom stereocenters. The molecule has 3 heterocycles. The number of aryl methyl sites for hydroxylation is 1. The van der Waals surface area contributed by atoms with Gasteiger partial charge in [-0.05, 0) is 19.1 Å². The number of hydrogen-bond acceptors (Lipinski definition) is 6. The van der Waals surface area contributed by atoms with E-state index in [1.54, 1.807) is 13.0 Å². The van der Waals surface area contributed by atoms with Crippen molar-refractivity contribution in [2.24, 2.45) is 0 Å². The van der Waals surface area contributed by atoms with E-state index in [9.17, 15) is 9.59 Å².